The third-order valence-electron chi connectivity index (χ3n) is 7.14. The first-order valence-corrected chi connectivity index (χ1v) is 9.15. The van der Waals surface area contributed by atoms with Crippen LogP contribution in [-0.2, 0) is 19.1 Å². The van der Waals surface area contributed by atoms with E-state index >= 15 is 0 Å². The fraction of sp³-hybridized carbons (Fsp3) is 0.800. The van der Waals surface area contributed by atoms with E-state index in [0.29, 0.717) is 6.42 Å². The Morgan fingerprint density at radius 3 is 2.52 bits per heavy atom. The molecule has 0 aromatic carbocycles. The van der Waals surface area contributed by atoms with E-state index in [1.165, 1.54) is 0 Å². The van der Waals surface area contributed by atoms with Gasteiger partial charge in [-0.2, -0.15) is 0 Å². The Hall–Kier alpha value is -1.36. The standard InChI is InChI=1S/C20H30O5/c1-7-18(4)9-8-13-19(5,11-14(21)22)15-12(10-20(13,6)25-18)24-16(23)17(15,2)3/h7,12-13,15H,1,8-11H2,2-6H3,(H,21,22). The minimum absolute atomic E-state index is 0.0165. The SMILES string of the molecule is C=CC1(C)CCC2C(C)(CC3OC(=O)C(C)(C)C3C2(C)CC(=O)O)O1. The molecule has 0 amide bonds. The van der Waals surface area contributed by atoms with Gasteiger partial charge in [0.05, 0.1) is 23.0 Å². The maximum absolute atomic E-state index is 12.5. The van der Waals surface area contributed by atoms with E-state index in [0.717, 1.165) is 12.8 Å². The molecule has 3 aliphatic rings. The number of carbonyl (C=O) groups is 2. The summed E-state index contributed by atoms with van der Waals surface area (Å²) in [4.78, 5) is 24.2. The van der Waals surface area contributed by atoms with E-state index in [-0.39, 0.29) is 30.3 Å². The molecule has 0 spiro atoms. The van der Waals surface area contributed by atoms with Crippen LogP contribution in [0.15, 0.2) is 12.7 Å². The molecule has 3 fully saturated rings. The number of carboxylic acid groups (broad SMARTS) is 1. The molecule has 2 aliphatic heterocycles. The van der Waals surface area contributed by atoms with Crippen molar-refractivity contribution in [1.29, 1.82) is 0 Å². The topological polar surface area (TPSA) is 72.8 Å². The second-order valence-corrected chi connectivity index (χ2v) is 9.45. The van der Waals surface area contributed by atoms with Gasteiger partial charge in [-0.1, -0.05) is 13.0 Å². The first-order valence-electron chi connectivity index (χ1n) is 9.15. The van der Waals surface area contributed by atoms with E-state index in [2.05, 4.69) is 6.58 Å². The number of ether oxygens (including phenoxy) is 2. The lowest BCUT2D eigenvalue weighted by Gasteiger charge is -2.61. The van der Waals surface area contributed by atoms with Crippen molar-refractivity contribution in [3.05, 3.63) is 12.7 Å². The van der Waals surface area contributed by atoms with E-state index < -0.39 is 28.0 Å². The van der Waals surface area contributed by atoms with Gasteiger partial charge in [0.25, 0.3) is 0 Å². The molecule has 140 valence electrons. The lowest BCUT2D eigenvalue weighted by atomic mass is 9.47. The van der Waals surface area contributed by atoms with Crippen molar-refractivity contribution in [2.45, 2.75) is 77.6 Å². The molecule has 0 radical (unpaired) electrons. The lowest BCUT2D eigenvalue weighted by Crippen LogP contribution is -2.64. The second kappa shape index (κ2) is 5.32. The minimum Gasteiger partial charge on any atom is -0.481 e. The summed E-state index contributed by atoms with van der Waals surface area (Å²) in [6, 6.07) is 0. The quantitative estimate of drug-likeness (QED) is 0.622. The van der Waals surface area contributed by atoms with Gasteiger partial charge >= 0.3 is 11.9 Å². The Morgan fingerprint density at radius 2 is 1.96 bits per heavy atom. The average molecular weight is 350 g/mol. The Kier molecular flexibility index (Phi) is 3.92. The zero-order chi connectivity index (χ0) is 18.8. The Balaban J connectivity index is 2.09. The van der Waals surface area contributed by atoms with Crippen molar-refractivity contribution in [1.82, 2.24) is 0 Å². The lowest BCUT2D eigenvalue weighted by molar-refractivity contribution is -0.255. The second-order valence-electron chi connectivity index (χ2n) is 9.45. The number of rotatable bonds is 3. The van der Waals surface area contributed by atoms with Crippen molar-refractivity contribution < 1.29 is 24.2 Å². The number of aliphatic carboxylic acids is 1. The molecule has 0 aromatic rings. The molecule has 1 N–H and O–H groups in total. The van der Waals surface area contributed by atoms with E-state index in [4.69, 9.17) is 9.47 Å². The largest absolute Gasteiger partial charge is 0.481 e. The number of esters is 1. The van der Waals surface area contributed by atoms with Gasteiger partial charge in [0, 0.05) is 12.3 Å². The van der Waals surface area contributed by atoms with Crippen molar-refractivity contribution in [2.24, 2.45) is 22.7 Å². The molecule has 0 aromatic heterocycles. The van der Waals surface area contributed by atoms with Gasteiger partial charge in [0.15, 0.2) is 0 Å². The van der Waals surface area contributed by atoms with Gasteiger partial charge < -0.3 is 14.6 Å². The van der Waals surface area contributed by atoms with Crippen LogP contribution in [0.4, 0.5) is 0 Å². The molecule has 3 rings (SSSR count). The van der Waals surface area contributed by atoms with Crippen LogP contribution in [0.2, 0.25) is 0 Å². The van der Waals surface area contributed by atoms with Gasteiger partial charge in [-0.25, -0.2) is 0 Å². The third-order valence-corrected chi connectivity index (χ3v) is 7.14. The Morgan fingerprint density at radius 1 is 1.32 bits per heavy atom. The maximum Gasteiger partial charge on any atom is 0.312 e. The highest BCUT2D eigenvalue weighted by Crippen LogP contribution is 2.65. The Bertz CT molecular complexity index is 626. The summed E-state index contributed by atoms with van der Waals surface area (Å²) >= 11 is 0. The smallest absolute Gasteiger partial charge is 0.312 e. The summed E-state index contributed by atoms with van der Waals surface area (Å²) < 4.78 is 12.2. The molecule has 2 heterocycles. The average Bonchev–Trinajstić information content (AvgIpc) is 2.66. The molecule has 2 saturated heterocycles. The predicted octanol–water partition coefficient (Wildman–Crippen LogP) is 3.57. The fourth-order valence-corrected chi connectivity index (χ4v) is 6.28. The van der Waals surface area contributed by atoms with Crippen LogP contribution in [0.3, 0.4) is 0 Å². The van der Waals surface area contributed by atoms with Gasteiger partial charge in [-0.15, -0.1) is 6.58 Å². The summed E-state index contributed by atoms with van der Waals surface area (Å²) in [5, 5.41) is 9.63. The van der Waals surface area contributed by atoms with Crippen LogP contribution >= 0.6 is 0 Å². The van der Waals surface area contributed by atoms with Crippen molar-refractivity contribution in [3.8, 4) is 0 Å². The van der Waals surface area contributed by atoms with Gasteiger partial charge in [0.2, 0.25) is 0 Å². The number of hydrogen-bond donors (Lipinski definition) is 1. The normalized spacial score (nSPS) is 48.2. The molecule has 0 bridgehead atoms. The highest BCUT2D eigenvalue weighted by atomic mass is 16.6. The van der Waals surface area contributed by atoms with E-state index in [9.17, 15) is 14.7 Å². The molecule has 25 heavy (non-hydrogen) atoms. The summed E-state index contributed by atoms with van der Waals surface area (Å²) in [6.07, 6.45) is 3.81. The molecule has 6 atom stereocenters. The highest BCUT2D eigenvalue weighted by molar-refractivity contribution is 5.79. The molecular formula is C20H30O5. The third kappa shape index (κ3) is 2.54. The number of hydrogen-bond acceptors (Lipinski definition) is 4. The van der Waals surface area contributed by atoms with Gasteiger partial charge in [-0.05, 0) is 51.9 Å². The summed E-state index contributed by atoms with van der Waals surface area (Å²) in [7, 11) is 0. The van der Waals surface area contributed by atoms with Crippen molar-refractivity contribution in [3.63, 3.8) is 0 Å². The van der Waals surface area contributed by atoms with Crippen LogP contribution in [0, 0.1) is 22.7 Å². The minimum atomic E-state index is -0.835. The Labute approximate surface area is 149 Å². The summed E-state index contributed by atoms with van der Waals surface area (Å²) in [5.74, 6) is -1.14. The number of carboxylic acids is 1. The molecule has 5 heteroatoms. The number of fused-ring (bicyclic) bond motifs is 2. The molecule has 5 nitrogen and oxygen atoms in total. The molecule has 6 unspecified atom stereocenters. The van der Waals surface area contributed by atoms with Crippen LogP contribution in [-0.4, -0.2) is 34.4 Å². The number of carbonyl (C=O) groups excluding carboxylic acids is 1. The zero-order valence-electron chi connectivity index (χ0n) is 15.9. The van der Waals surface area contributed by atoms with Crippen LogP contribution in [0.25, 0.3) is 0 Å². The van der Waals surface area contributed by atoms with E-state index in [1.54, 1.807) is 0 Å². The van der Waals surface area contributed by atoms with E-state index in [1.807, 2.05) is 40.7 Å². The summed E-state index contributed by atoms with van der Waals surface area (Å²) in [6.45, 7) is 13.8. The molecule has 1 aliphatic carbocycles. The maximum atomic E-state index is 12.5. The van der Waals surface area contributed by atoms with Crippen molar-refractivity contribution >= 4 is 11.9 Å². The summed E-state index contributed by atoms with van der Waals surface area (Å²) in [5.41, 5.74) is -2.22. The first-order chi connectivity index (χ1) is 11.4. The molecular weight excluding hydrogens is 320 g/mol. The van der Waals surface area contributed by atoms with Gasteiger partial charge in [-0.3, -0.25) is 9.59 Å². The first kappa shape index (κ1) is 18.4. The molecule has 1 saturated carbocycles. The van der Waals surface area contributed by atoms with Crippen LogP contribution in [0.5, 0.6) is 0 Å². The zero-order valence-corrected chi connectivity index (χ0v) is 15.9. The fourth-order valence-electron chi connectivity index (χ4n) is 6.28. The van der Waals surface area contributed by atoms with Crippen LogP contribution in [0.1, 0.15) is 60.3 Å². The van der Waals surface area contributed by atoms with Crippen molar-refractivity contribution in [2.75, 3.05) is 0 Å². The van der Waals surface area contributed by atoms with Gasteiger partial charge in [0.1, 0.15) is 6.10 Å². The highest BCUT2D eigenvalue weighted by Gasteiger charge is 2.69. The van der Waals surface area contributed by atoms with Crippen LogP contribution < -0.4 is 0 Å². The monoisotopic (exact) mass is 350 g/mol. The predicted molar refractivity (Wildman–Crippen MR) is 92.9 cm³/mol.